The highest BCUT2D eigenvalue weighted by molar-refractivity contribution is 5.95. The van der Waals surface area contributed by atoms with Crippen LogP contribution in [0.1, 0.15) is 28.4 Å². The summed E-state index contributed by atoms with van der Waals surface area (Å²) in [5.74, 6) is 0.497. The van der Waals surface area contributed by atoms with Crippen molar-refractivity contribution in [3.05, 3.63) is 59.2 Å². The molecule has 2 aromatic carbocycles. The zero-order valence-electron chi connectivity index (χ0n) is 15.1. The number of carbonyl (C=O) groups is 2. The second kappa shape index (κ2) is 7.47. The Bertz CT molecular complexity index is 834. The maximum absolute atomic E-state index is 12.5. The number of para-hydroxylation sites is 1. The standard InChI is InChI=1S/C20H22N2O4/c1-13(10-14-6-4-5-7-18(14)25-3)22(2)20(24)21-16-8-9-17-15(11-16)12-26-19(17)23/h4-9,11,13H,10,12H2,1-3H3,(H,21,24). The van der Waals surface area contributed by atoms with Gasteiger partial charge in [-0.15, -0.1) is 0 Å². The molecule has 3 rings (SSSR count). The molecule has 1 heterocycles. The number of esters is 1. The number of anilines is 1. The topological polar surface area (TPSA) is 67.9 Å². The minimum atomic E-state index is -0.319. The fourth-order valence-electron chi connectivity index (χ4n) is 2.95. The highest BCUT2D eigenvalue weighted by atomic mass is 16.5. The number of likely N-dealkylation sites (N-methyl/N-ethyl adjacent to an activating group) is 1. The van der Waals surface area contributed by atoms with Gasteiger partial charge in [-0.1, -0.05) is 18.2 Å². The lowest BCUT2D eigenvalue weighted by molar-refractivity contribution is 0.0535. The van der Waals surface area contributed by atoms with Gasteiger partial charge >= 0.3 is 12.0 Å². The molecule has 136 valence electrons. The summed E-state index contributed by atoms with van der Waals surface area (Å²) in [7, 11) is 3.40. The predicted octanol–water partition coefficient (Wildman–Crippen LogP) is 3.46. The number of rotatable bonds is 5. The Kier molecular flexibility index (Phi) is 5.11. The number of nitrogens with zero attached hydrogens (tertiary/aromatic N) is 1. The van der Waals surface area contributed by atoms with E-state index in [9.17, 15) is 9.59 Å². The molecule has 2 amide bonds. The number of hydrogen-bond donors (Lipinski definition) is 1. The van der Waals surface area contributed by atoms with Gasteiger partial charge in [-0.3, -0.25) is 0 Å². The van der Waals surface area contributed by atoms with Gasteiger partial charge in [0, 0.05) is 24.3 Å². The van der Waals surface area contributed by atoms with Gasteiger partial charge in [0.1, 0.15) is 12.4 Å². The number of ether oxygens (including phenoxy) is 2. The molecular formula is C20H22N2O4. The SMILES string of the molecule is COc1ccccc1CC(C)N(C)C(=O)Nc1ccc2c(c1)COC2=O. The van der Waals surface area contributed by atoms with E-state index in [4.69, 9.17) is 9.47 Å². The van der Waals surface area contributed by atoms with Crippen molar-refractivity contribution in [1.82, 2.24) is 4.90 Å². The van der Waals surface area contributed by atoms with E-state index >= 15 is 0 Å². The largest absolute Gasteiger partial charge is 0.496 e. The third-order valence-corrected chi connectivity index (χ3v) is 4.62. The highest BCUT2D eigenvalue weighted by Crippen LogP contribution is 2.24. The summed E-state index contributed by atoms with van der Waals surface area (Å²) in [5, 5.41) is 2.87. The monoisotopic (exact) mass is 354 g/mol. The van der Waals surface area contributed by atoms with Crippen molar-refractivity contribution in [2.24, 2.45) is 0 Å². The van der Waals surface area contributed by atoms with Gasteiger partial charge in [0.2, 0.25) is 0 Å². The Balaban J connectivity index is 1.65. The number of hydrogen-bond acceptors (Lipinski definition) is 4. The maximum Gasteiger partial charge on any atom is 0.338 e. The van der Waals surface area contributed by atoms with Crippen molar-refractivity contribution in [2.75, 3.05) is 19.5 Å². The molecule has 0 aromatic heterocycles. The Labute approximate surface area is 152 Å². The Morgan fingerprint density at radius 3 is 2.85 bits per heavy atom. The van der Waals surface area contributed by atoms with Crippen LogP contribution in [-0.4, -0.2) is 37.1 Å². The van der Waals surface area contributed by atoms with Crippen LogP contribution in [0.25, 0.3) is 0 Å². The van der Waals surface area contributed by atoms with Gasteiger partial charge in [0.25, 0.3) is 0 Å². The molecule has 0 saturated heterocycles. The third kappa shape index (κ3) is 3.64. The molecule has 0 radical (unpaired) electrons. The summed E-state index contributed by atoms with van der Waals surface area (Å²) < 4.78 is 10.4. The number of benzene rings is 2. The van der Waals surface area contributed by atoms with Crippen LogP contribution >= 0.6 is 0 Å². The van der Waals surface area contributed by atoms with Gasteiger partial charge in [-0.2, -0.15) is 0 Å². The molecule has 0 aliphatic carbocycles. The van der Waals surface area contributed by atoms with Crippen LogP contribution in [0.5, 0.6) is 5.75 Å². The molecule has 0 spiro atoms. The van der Waals surface area contributed by atoms with E-state index in [1.807, 2.05) is 31.2 Å². The minimum absolute atomic E-state index is 0.0226. The molecule has 1 atom stereocenters. The fourth-order valence-corrected chi connectivity index (χ4v) is 2.95. The lowest BCUT2D eigenvalue weighted by Gasteiger charge is -2.26. The first-order valence-corrected chi connectivity index (χ1v) is 8.45. The van der Waals surface area contributed by atoms with E-state index < -0.39 is 0 Å². The molecule has 26 heavy (non-hydrogen) atoms. The quantitative estimate of drug-likeness (QED) is 0.835. The summed E-state index contributed by atoms with van der Waals surface area (Å²) in [4.78, 5) is 25.7. The van der Waals surface area contributed by atoms with Crippen molar-refractivity contribution in [3.63, 3.8) is 0 Å². The molecule has 1 unspecified atom stereocenters. The minimum Gasteiger partial charge on any atom is -0.496 e. The molecule has 1 N–H and O–H groups in total. The second-order valence-corrected chi connectivity index (χ2v) is 6.35. The van der Waals surface area contributed by atoms with Gasteiger partial charge < -0.3 is 19.7 Å². The summed E-state index contributed by atoms with van der Waals surface area (Å²) in [6, 6.07) is 12.7. The lowest BCUT2D eigenvalue weighted by atomic mass is 10.1. The average Bonchev–Trinajstić information content (AvgIpc) is 3.01. The van der Waals surface area contributed by atoms with E-state index in [2.05, 4.69) is 5.32 Å². The first kappa shape index (κ1) is 17.8. The van der Waals surface area contributed by atoms with E-state index in [-0.39, 0.29) is 24.6 Å². The number of amides is 2. The lowest BCUT2D eigenvalue weighted by Crippen LogP contribution is -2.39. The van der Waals surface area contributed by atoms with Crippen LogP contribution in [0, 0.1) is 0 Å². The van der Waals surface area contributed by atoms with Crippen molar-refractivity contribution >= 4 is 17.7 Å². The zero-order valence-corrected chi connectivity index (χ0v) is 15.1. The normalized spacial score (nSPS) is 13.6. The first-order valence-electron chi connectivity index (χ1n) is 8.45. The highest BCUT2D eigenvalue weighted by Gasteiger charge is 2.22. The summed E-state index contributed by atoms with van der Waals surface area (Å²) >= 11 is 0. The van der Waals surface area contributed by atoms with E-state index in [0.29, 0.717) is 17.7 Å². The second-order valence-electron chi connectivity index (χ2n) is 6.35. The van der Waals surface area contributed by atoms with E-state index in [0.717, 1.165) is 16.9 Å². The number of urea groups is 1. The summed E-state index contributed by atoms with van der Waals surface area (Å²) in [6.07, 6.45) is 0.681. The summed E-state index contributed by atoms with van der Waals surface area (Å²) in [6.45, 7) is 2.24. The molecule has 1 aliphatic rings. The number of fused-ring (bicyclic) bond motifs is 1. The van der Waals surface area contributed by atoms with E-state index in [1.165, 1.54) is 0 Å². The van der Waals surface area contributed by atoms with Crippen LogP contribution in [0.4, 0.5) is 10.5 Å². The molecule has 0 bridgehead atoms. The van der Waals surface area contributed by atoms with Gasteiger partial charge in [-0.05, 0) is 43.2 Å². The van der Waals surface area contributed by atoms with Crippen LogP contribution in [-0.2, 0) is 17.8 Å². The average molecular weight is 354 g/mol. The Hall–Kier alpha value is -3.02. The van der Waals surface area contributed by atoms with Crippen LogP contribution in [0.2, 0.25) is 0 Å². The third-order valence-electron chi connectivity index (χ3n) is 4.62. The zero-order chi connectivity index (χ0) is 18.7. The van der Waals surface area contributed by atoms with Crippen molar-refractivity contribution < 1.29 is 19.1 Å². The predicted molar refractivity (Wildman–Crippen MR) is 98.5 cm³/mol. The van der Waals surface area contributed by atoms with Crippen molar-refractivity contribution in [2.45, 2.75) is 26.0 Å². The Morgan fingerprint density at radius 2 is 2.08 bits per heavy atom. The van der Waals surface area contributed by atoms with Gasteiger partial charge in [-0.25, -0.2) is 9.59 Å². The van der Waals surface area contributed by atoms with Crippen LogP contribution < -0.4 is 10.1 Å². The number of cyclic esters (lactones) is 1. The molecule has 2 aromatic rings. The van der Waals surface area contributed by atoms with Gasteiger partial charge in [0.05, 0.1) is 12.7 Å². The molecule has 0 saturated carbocycles. The number of methoxy groups -OCH3 is 1. The van der Waals surface area contributed by atoms with Crippen molar-refractivity contribution in [1.29, 1.82) is 0 Å². The van der Waals surface area contributed by atoms with Crippen molar-refractivity contribution in [3.8, 4) is 5.75 Å². The fraction of sp³-hybridized carbons (Fsp3) is 0.300. The Morgan fingerprint density at radius 1 is 1.31 bits per heavy atom. The number of carbonyl (C=O) groups excluding carboxylic acids is 2. The van der Waals surface area contributed by atoms with Crippen LogP contribution in [0.3, 0.4) is 0 Å². The van der Waals surface area contributed by atoms with Crippen LogP contribution in [0.15, 0.2) is 42.5 Å². The molecule has 6 heteroatoms. The smallest absolute Gasteiger partial charge is 0.338 e. The summed E-state index contributed by atoms with van der Waals surface area (Å²) in [5.41, 5.74) is 3.04. The molecule has 0 fully saturated rings. The maximum atomic E-state index is 12.5. The molecular weight excluding hydrogens is 332 g/mol. The molecule has 6 nitrogen and oxygen atoms in total. The molecule has 1 aliphatic heterocycles. The van der Waals surface area contributed by atoms with E-state index in [1.54, 1.807) is 37.3 Å². The van der Waals surface area contributed by atoms with Gasteiger partial charge in [0.15, 0.2) is 0 Å². The number of nitrogens with one attached hydrogen (secondary N) is 1. The first-order chi connectivity index (χ1) is 12.5.